The van der Waals surface area contributed by atoms with Gasteiger partial charge < -0.3 is 14.8 Å². The van der Waals surface area contributed by atoms with Crippen LogP contribution in [-0.2, 0) is 4.79 Å². The fourth-order valence-corrected chi connectivity index (χ4v) is 5.84. The fourth-order valence-electron chi connectivity index (χ4n) is 5.71. The van der Waals surface area contributed by atoms with Gasteiger partial charge in [-0.3, -0.25) is 9.78 Å². The van der Waals surface area contributed by atoms with E-state index in [9.17, 15) is 9.59 Å². The van der Waals surface area contributed by atoms with Crippen LogP contribution in [0.4, 0.5) is 5.69 Å². The van der Waals surface area contributed by atoms with Crippen molar-refractivity contribution in [1.29, 1.82) is 0 Å². The number of carbonyl (C=O) groups excluding carboxylic acids is 2. The molecule has 1 atom stereocenters. The number of anilines is 1. The minimum atomic E-state index is -0.517. The Balaban J connectivity index is 1.47. The number of esters is 1. The summed E-state index contributed by atoms with van der Waals surface area (Å²) in [6, 6.07) is 20.0. The van der Waals surface area contributed by atoms with E-state index in [1.165, 1.54) is 7.11 Å². The Morgan fingerprint density at radius 3 is 2.59 bits per heavy atom. The van der Waals surface area contributed by atoms with Crippen LogP contribution >= 0.6 is 11.6 Å². The highest BCUT2D eigenvalue weighted by Gasteiger charge is 2.41. The number of pyridine rings is 1. The molecule has 1 unspecified atom stereocenters. The molecule has 0 saturated carbocycles. The quantitative estimate of drug-likeness (QED) is 0.217. The molecule has 0 amide bonds. The van der Waals surface area contributed by atoms with Crippen molar-refractivity contribution in [3.05, 3.63) is 106 Å². The molecule has 1 aliphatic carbocycles. The number of hydrogen-bond donors (Lipinski definition) is 1. The lowest BCUT2D eigenvalue weighted by molar-refractivity contribution is -0.118. The van der Waals surface area contributed by atoms with Crippen molar-refractivity contribution in [2.45, 2.75) is 32.6 Å². The van der Waals surface area contributed by atoms with Crippen molar-refractivity contribution in [3.8, 4) is 11.5 Å². The largest absolute Gasteiger partial charge is 0.493 e. The van der Waals surface area contributed by atoms with E-state index in [1.807, 2.05) is 36.4 Å². The van der Waals surface area contributed by atoms with Crippen molar-refractivity contribution < 1.29 is 19.1 Å². The third-order valence-electron chi connectivity index (χ3n) is 7.41. The third-order valence-corrected chi connectivity index (χ3v) is 7.67. The van der Waals surface area contributed by atoms with Crippen LogP contribution in [0.25, 0.3) is 10.9 Å². The van der Waals surface area contributed by atoms with Crippen LogP contribution in [0.3, 0.4) is 0 Å². The van der Waals surface area contributed by atoms with E-state index < -0.39 is 5.97 Å². The number of ketones is 1. The summed E-state index contributed by atoms with van der Waals surface area (Å²) in [6.45, 7) is 4.25. The number of nitrogens with one attached hydrogen (secondary N) is 1. The van der Waals surface area contributed by atoms with Gasteiger partial charge in [0.05, 0.1) is 18.2 Å². The first-order valence-electron chi connectivity index (χ1n) is 12.8. The van der Waals surface area contributed by atoms with E-state index in [-0.39, 0.29) is 17.1 Å². The Hall–Kier alpha value is -4.16. The van der Waals surface area contributed by atoms with Crippen LogP contribution in [-0.4, -0.2) is 23.8 Å². The molecule has 0 saturated heterocycles. The number of carbonyl (C=O) groups is 2. The van der Waals surface area contributed by atoms with Crippen molar-refractivity contribution in [2.24, 2.45) is 5.41 Å². The molecule has 0 bridgehead atoms. The molecule has 0 fully saturated rings. The van der Waals surface area contributed by atoms with Gasteiger partial charge in [0, 0.05) is 45.9 Å². The highest BCUT2D eigenvalue weighted by molar-refractivity contribution is 6.30. The Morgan fingerprint density at radius 1 is 1.03 bits per heavy atom. The lowest BCUT2D eigenvalue weighted by atomic mass is 9.68. The maximum Gasteiger partial charge on any atom is 0.343 e. The molecule has 6 rings (SSSR count). The summed E-state index contributed by atoms with van der Waals surface area (Å²) in [5.74, 6) is -0.0268. The van der Waals surface area contributed by atoms with Crippen molar-refractivity contribution in [3.63, 3.8) is 0 Å². The summed E-state index contributed by atoms with van der Waals surface area (Å²) in [7, 11) is 1.54. The van der Waals surface area contributed by atoms with Gasteiger partial charge in [-0.15, -0.1) is 0 Å². The van der Waals surface area contributed by atoms with E-state index in [0.29, 0.717) is 28.5 Å². The van der Waals surface area contributed by atoms with Crippen LogP contribution in [0.15, 0.2) is 84.2 Å². The second-order valence-electron chi connectivity index (χ2n) is 10.8. The molecule has 0 spiro atoms. The summed E-state index contributed by atoms with van der Waals surface area (Å²) < 4.78 is 11.4. The topological polar surface area (TPSA) is 77.5 Å². The lowest BCUT2D eigenvalue weighted by Gasteiger charge is -2.40. The number of Topliss-reactive ketones (excluding diaryl/α,β-unsaturated/α-hetero) is 1. The van der Waals surface area contributed by atoms with Crippen LogP contribution in [0, 0.1) is 5.41 Å². The summed E-state index contributed by atoms with van der Waals surface area (Å²) in [6.07, 6.45) is 3.01. The van der Waals surface area contributed by atoms with Gasteiger partial charge in [-0.05, 0) is 77.6 Å². The number of methoxy groups -OCH3 is 1. The van der Waals surface area contributed by atoms with Gasteiger partial charge in [0.1, 0.15) is 0 Å². The first-order valence-corrected chi connectivity index (χ1v) is 13.2. The van der Waals surface area contributed by atoms with Crippen LogP contribution in [0.2, 0.25) is 5.02 Å². The van der Waals surface area contributed by atoms with Gasteiger partial charge in [0.2, 0.25) is 0 Å². The molecular weight excluding hydrogens is 512 g/mol. The number of halogens is 1. The molecule has 39 heavy (non-hydrogen) atoms. The monoisotopic (exact) mass is 538 g/mol. The lowest BCUT2D eigenvalue weighted by Crippen LogP contribution is -2.34. The molecule has 196 valence electrons. The second-order valence-corrected chi connectivity index (χ2v) is 11.2. The van der Waals surface area contributed by atoms with Crippen LogP contribution < -0.4 is 14.8 Å². The second kappa shape index (κ2) is 9.54. The number of nitrogens with zero attached hydrogens (tertiary/aromatic N) is 1. The fraction of sp³-hybridized carbons (Fsp3) is 0.219. The van der Waals surface area contributed by atoms with E-state index in [0.717, 1.165) is 45.4 Å². The molecule has 2 aliphatic rings. The number of ether oxygens (including phenoxy) is 2. The number of hydrogen-bond acceptors (Lipinski definition) is 6. The standard InChI is InChI=1S/C32H27ClN2O4/c1-32(2)16-24-30(25(36)17-32)28(29-21-5-4-14-34-22(21)11-12-23(29)35-24)19-8-13-26(27(15-19)38-3)39-31(37)18-6-9-20(33)10-7-18/h4-15,28,35H,16-17H2,1-3H3. The van der Waals surface area contributed by atoms with Gasteiger partial charge in [-0.25, -0.2) is 4.79 Å². The molecule has 4 aromatic rings. The van der Waals surface area contributed by atoms with E-state index in [4.69, 9.17) is 21.1 Å². The minimum Gasteiger partial charge on any atom is -0.493 e. The Morgan fingerprint density at radius 2 is 1.82 bits per heavy atom. The molecule has 2 heterocycles. The maximum absolute atomic E-state index is 13.7. The van der Waals surface area contributed by atoms with Gasteiger partial charge in [-0.1, -0.05) is 37.6 Å². The smallest absolute Gasteiger partial charge is 0.343 e. The van der Waals surface area contributed by atoms with Crippen molar-refractivity contribution in [1.82, 2.24) is 4.98 Å². The Bertz CT molecular complexity index is 1670. The van der Waals surface area contributed by atoms with E-state index in [1.54, 1.807) is 36.5 Å². The maximum atomic E-state index is 13.7. The molecular formula is C32H27ClN2O4. The molecule has 7 heteroatoms. The molecule has 1 aliphatic heterocycles. The zero-order valence-corrected chi connectivity index (χ0v) is 22.6. The SMILES string of the molecule is COc1cc(C2C3=C(CC(C)(C)CC3=O)Nc3ccc4ncccc4c32)ccc1OC(=O)c1ccc(Cl)cc1. The third kappa shape index (κ3) is 4.55. The Kier molecular flexibility index (Phi) is 6.15. The summed E-state index contributed by atoms with van der Waals surface area (Å²) >= 11 is 5.95. The van der Waals surface area contributed by atoms with Crippen molar-refractivity contribution >= 4 is 39.9 Å². The van der Waals surface area contributed by atoms with Gasteiger partial charge in [0.15, 0.2) is 17.3 Å². The average Bonchev–Trinajstić information content (AvgIpc) is 2.91. The number of rotatable bonds is 4. The zero-order chi connectivity index (χ0) is 27.3. The van der Waals surface area contributed by atoms with Gasteiger partial charge in [0.25, 0.3) is 0 Å². The zero-order valence-electron chi connectivity index (χ0n) is 21.9. The highest BCUT2D eigenvalue weighted by atomic mass is 35.5. The average molecular weight is 539 g/mol. The van der Waals surface area contributed by atoms with Gasteiger partial charge in [-0.2, -0.15) is 0 Å². The molecule has 0 radical (unpaired) electrons. The Labute approximate surface area is 231 Å². The van der Waals surface area contributed by atoms with Crippen LogP contribution in [0.5, 0.6) is 11.5 Å². The number of allylic oxidation sites excluding steroid dienone is 2. The summed E-state index contributed by atoms with van der Waals surface area (Å²) in [5.41, 5.74) is 5.65. The van der Waals surface area contributed by atoms with Crippen LogP contribution in [0.1, 0.15) is 54.1 Å². The van der Waals surface area contributed by atoms with E-state index >= 15 is 0 Å². The molecule has 3 aromatic carbocycles. The molecule has 1 N–H and O–H groups in total. The predicted octanol–water partition coefficient (Wildman–Crippen LogP) is 7.32. The number of aromatic nitrogens is 1. The number of benzene rings is 3. The predicted molar refractivity (Wildman–Crippen MR) is 152 cm³/mol. The first kappa shape index (κ1) is 25.1. The number of fused-ring (bicyclic) bond motifs is 3. The summed E-state index contributed by atoms with van der Waals surface area (Å²) in [5, 5.41) is 5.10. The first-order chi connectivity index (χ1) is 18.7. The minimum absolute atomic E-state index is 0.127. The van der Waals surface area contributed by atoms with E-state index in [2.05, 4.69) is 24.1 Å². The highest BCUT2D eigenvalue weighted by Crippen LogP contribution is 2.51. The van der Waals surface area contributed by atoms with Crippen molar-refractivity contribution in [2.75, 3.05) is 12.4 Å². The summed E-state index contributed by atoms with van der Waals surface area (Å²) in [4.78, 5) is 31.1. The van der Waals surface area contributed by atoms with Gasteiger partial charge >= 0.3 is 5.97 Å². The molecule has 1 aromatic heterocycles. The molecule has 6 nitrogen and oxygen atoms in total. The normalized spacial score (nSPS) is 17.7.